The smallest absolute Gasteiger partial charge is 0.322 e. The van der Waals surface area contributed by atoms with Gasteiger partial charge in [-0.05, 0) is 31.4 Å². The van der Waals surface area contributed by atoms with Crippen LogP contribution in [0, 0.1) is 10.1 Å². The van der Waals surface area contributed by atoms with Gasteiger partial charge in [0, 0.05) is 17.1 Å². The lowest BCUT2D eigenvalue weighted by Gasteiger charge is -2.36. The van der Waals surface area contributed by atoms with Crippen LogP contribution in [-0.4, -0.2) is 23.0 Å². The third-order valence-electron chi connectivity index (χ3n) is 3.75. The van der Waals surface area contributed by atoms with Crippen LogP contribution in [0.2, 0.25) is 0 Å². The molecule has 1 aromatic rings. The van der Waals surface area contributed by atoms with E-state index in [4.69, 9.17) is 0 Å². The second kappa shape index (κ2) is 4.19. The zero-order valence-electron chi connectivity index (χ0n) is 10.1. The first-order valence-electron chi connectivity index (χ1n) is 6.05. The first-order chi connectivity index (χ1) is 9.03. The molecule has 0 radical (unpaired) electrons. The van der Waals surface area contributed by atoms with E-state index >= 15 is 0 Å². The molecule has 19 heavy (non-hydrogen) atoms. The Morgan fingerprint density at radius 2 is 2.11 bits per heavy atom. The van der Waals surface area contributed by atoms with Gasteiger partial charge in [-0.2, -0.15) is 0 Å². The predicted molar refractivity (Wildman–Crippen MR) is 73.3 cm³/mol. The molecule has 7 heteroatoms. The maximum Gasteiger partial charge on any atom is 0.322 e. The predicted octanol–water partition coefficient (Wildman–Crippen LogP) is 2.81. The minimum absolute atomic E-state index is 0.0438. The molecule has 1 aliphatic carbocycles. The summed E-state index contributed by atoms with van der Waals surface area (Å²) >= 11 is 3.22. The molecule has 0 bridgehead atoms. The summed E-state index contributed by atoms with van der Waals surface area (Å²) in [5.74, 6) is 0. The molecule has 6 nitrogen and oxygen atoms in total. The average molecular weight is 326 g/mol. The lowest BCUT2D eigenvalue weighted by Crippen LogP contribution is -2.54. The third kappa shape index (κ3) is 1.98. The van der Waals surface area contributed by atoms with Crippen LogP contribution in [0.1, 0.15) is 19.3 Å². The Balaban J connectivity index is 2.10. The van der Waals surface area contributed by atoms with E-state index in [1.54, 1.807) is 17.0 Å². The maximum absolute atomic E-state index is 12.1. The van der Waals surface area contributed by atoms with E-state index in [1.807, 2.05) is 0 Å². The fraction of sp³-hybridized carbons (Fsp3) is 0.417. The van der Waals surface area contributed by atoms with Gasteiger partial charge in [-0.3, -0.25) is 15.0 Å². The van der Waals surface area contributed by atoms with Gasteiger partial charge in [-0.1, -0.05) is 15.9 Å². The quantitative estimate of drug-likeness (QED) is 0.671. The molecule has 1 heterocycles. The molecule has 1 N–H and O–H groups in total. The first kappa shape index (κ1) is 12.4. The van der Waals surface area contributed by atoms with Gasteiger partial charge < -0.3 is 5.32 Å². The molecule has 2 aliphatic rings. The molecule has 2 amide bonds. The zero-order chi connectivity index (χ0) is 13.6. The van der Waals surface area contributed by atoms with Gasteiger partial charge in [0.2, 0.25) is 0 Å². The van der Waals surface area contributed by atoms with E-state index in [9.17, 15) is 14.9 Å². The number of halogens is 1. The molecular formula is C12H12BrN3O3. The van der Waals surface area contributed by atoms with E-state index < -0.39 is 4.92 Å². The second-order valence-electron chi connectivity index (χ2n) is 4.93. The summed E-state index contributed by atoms with van der Waals surface area (Å²) in [5, 5.41) is 13.9. The van der Waals surface area contributed by atoms with Crippen LogP contribution in [0.25, 0.3) is 0 Å². The summed E-state index contributed by atoms with van der Waals surface area (Å²) in [5.41, 5.74) is 0.126. The molecule has 1 spiro atoms. The number of carbonyl (C=O) groups is 1. The topological polar surface area (TPSA) is 75.5 Å². The van der Waals surface area contributed by atoms with Crippen molar-refractivity contribution in [1.29, 1.82) is 0 Å². The highest BCUT2D eigenvalue weighted by atomic mass is 79.9. The molecule has 100 valence electrons. The van der Waals surface area contributed by atoms with Crippen LogP contribution in [0.15, 0.2) is 22.7 Å². The molecular weight excluding hydrogens is 314 g/mol. The largest absolute Gasteiger partial charge is 0.338 e. The number of hydrogen-bond acceptors (Lipinski definition) is 3. The summed E-state index contributed by atoms with van der Waals surface area (Å²) in [4.78, 5) is 24.4. The number of nitrogens with zero attached hydrogens (tertiary/aromatic N) is 2. The summed E-state index contributed by atoms with van der Waals surface area (Å²) in [6, 6.07) is 4.55. The Kier molecular flexibility index (Phi) is 2.74. The number of urea groups is 1. The van der Waals surface area contributed by atoms with E-state index in [-0.39, 0.29) is 17.3 Å². The van der Waals surface area contributed by atoms with Crippen molar-refractivity contribution in [2.45, 2.75) is 24.8 Å². The van der Waals surface area contributed by atoms with Crippen LogP contribution in [0.4, 0.5) is 16.2 Å². The Labute approximate surface area is 118 Å². The lowest BCUT2D eigenvalue weighted by atomic mass is 10.1. The maximum atomic E-state index is 12.1. The third-order valence-corrected chi connectivity index (χ3v) is 4.24. The van der Waals surface area contributed by atoms with E-state index in [0.717, 1.165) is 19.3 Å². The van der Waals surface area contributed by atoms with Crippen LogP contribution < -0.4 is 10.2 Å². The van der Waals surface area contributed by atoms with Gasteiger partial charge in [-0.25, -0.2) is 4.79 Å². The first-order valence-corrected chi connectivity index (χ1v) is 6.85. The van der Waals surface area contributed by atoms with Gasteiger partial charge in [-0.15, -0.1) is 0 Å². The monoisotopic (exact) mass is 325 g/mol. The van der Waals surface area contributed by atoms with E-state index in [2.05, 4.69) is 21.2 Å². The van der Waals surface area contributed by atoms with Crippen LogP contribution in [0.5, 0.6) is 0 Å². The summed E-state index contributed by atoms with van der Waals surface area (Å²) in [6.45, 7) is 0.639. The molecule has 1 aliphatic heterocycles. The van der Waals surface area contributed by atoms with Crippen molar-refractivity contribution < 1.29 is 9.72 Å². The van der Waals surface area contributed by atoms with Crippen molar-refractivity contribution in [1.82, 2.24) is 5.32 Å². The fourth-order valence-electron chi connectivity index (χ4n) is 2.62. The van der Waals surface area contributed by atoms with E-state index in [1.165, 1.54) is 6.07 Å². The molecule has 0 atom stereocenters. The Bertz CT molecular complexity index is 571. The summed E-state index contributed by atoms with van der Waals surface area (Å²) < 4.78 is 0.630. The van der Waals surface area contributed by atoms with Crippen LogP contribution in [0.3, 0.4) is 0 Å². The highest BCUT2D eigenvalue weighted by Gasteiger charge is 2.53. The number of rotatable bonds is 2. The van der Waals surface area contributed by atoms with Crippen molar-refractivity contribution in [3.63, 3.8) is 0 Å². The molecule has 1 aromatic carbocycles. The van der Waals surface area contributed by atoms with Crippen molar-refractivity contribution >= 4 is 33.3 Å². The van der Waals surface area contributed by atoms with Crippen molar-refractivity contribution in [3.05, 3.63) is 32.8 Å². The number of amides is 2. The molecule has 2 fully saturated rings. The Hall–Kier alpha value is -1.63. The molecule has 0 aromatic heterocycles. The molecule has 3 rings (SSSR count). The second-order valence-corrected chi connectivity index (χ2v) is 5.85. The lowest BCUT2D eigenvalue weighted by molar-refractivity contribution is -0.384. The Morgan fingerprint density at radius 1 is 1.37 bits per heavy atom. The molecule has 1 saturated carbocycles. The van der Waals surface area contributed by atoms with Gasteiger partial charge in [0.1, 0.15) is 5.69 Å². The number of nitro benzene ring substituents is 1. The normalized spacial score (nSPS) is 20.3. The van der Waals surface area contributed by atoms with Crippen molar-refractivity contribution in [3.8, 4) is 0 Å². The SMILES string of the molecule is O=C1NCCC2(CC2)N1c1ccc(Br)cc1[N+](=O)[O-]. The number of benzene rings is 1. The van der Waals surface area contributed by atoms with Gasteiger partial charge in [0.05, 0.1) is 10.5 Å². The zero-order valence-corrected chi connectivity index (χ0v) is 11.6. The molecule has 0 unspecified atom stereocenters. The highest BCUT2D eigenvalue weighted by Crippen LogP contribution is 2.50. The minimum Gasteiger partial charge on any atom is -0.338 e. The van der Waals surface area contributed by atoms with E-state index in [0.29, 0.717) is 16.7 Å². The molecule has 1 saturated heterocycles. The summed E-state index contributed by atoms with van der Waals surface area (Å²) in [6.07, 6.45) is 2.66. The van der Waals surface area contributed by atoms with Gasteiger partial charge >= 0.3 is 6.03 Å². The number of nitro groups is 1. The number of hydrogen-bond donors (Lipinski definition) is 1. The average Bonchev–Trinajstić information content (AvgIpc) is 3.11. The standard InChI is InChI=1S/C12H12BrN3O3/c13-8-1-2-9(10(7-8)16(18)19)15-11(17)14-6-5-12(15)3-4-12/h1-2,7H,3-6H2,(H,14,17). The summed E-state index contributed by atoms with van der Waals surface area (Å²) in [7, 11) is 0. The van der Waals surface area contributed by atoms with Crippen LogP contribution >= 0.6 is 15.9 Å². The van der Waals surface area contributed by atoms with Gasteiger partial charge in [0.15, 0.2) is 0 Å². The van der Waals surface area contributed by atoms with Crippen molar-refractivity contribution in [2.75, 3.05) is 11.4 Å². The number of carbonyl (C=O) groups excluding carboxylic acids is 1. The van der Waals surface area contributed by atoms with Crippen LogP contribution in [-0.2, 0) is 0 Å². The highest BCUT2D eigenvalue weighted by molar-refractivity contribution is 9.10. The number of nitrogens with one attached hydrogen (secondary N) is 1. The Morgan fingerprint density at radius 3 is 2.74 bits per heavy atom. The van der Waals surface area contributed by atoms with Gasteiger partial charge in [0.25, 0.3) is 5.69 Å². The fourth-order valence-corrected chi connectivity index (χ4v) is 2.97. The minimum atomic E-state index is -0.446. The number of anilines is 1. The van der Waals surface area contributed by atoms with Crippen molar-refractivity contribution in [2.24, 2.45) is 0 Å².